The molecule has 1 aromatic heterocycles. The number of aromatic nitrogens is 2. The van der Waals surface area contributed by atoms with Gasteiger partial charge in [-0.15, -0.1) is 0 Å². The van der Waals surface area contributed by atoms with Gasteiger partial charge >= 0.3 is 0 Å². The zero-order chi connectivity index (χ0) is 10.1. The molecule has 0 saturated heterocycles. The molecule has 1 aromatic rings. The smallest absolute Gasteiger partial charge is 0.231 e. The first-order valence-electron chi connectivity index (χ1n) is 3.24. The zero-order valence-corrected chi connectivity index (χ0v) is 10.6. The number of hydrogen-bond donors (Lipinski definition) is 1. The summed E-state index contributed by atoms with van der Waals surface area (Å²) in [6.45, 7) is 0. The quantitative estimate of drug-likeness (QED) is 0.895. The third-order valence-corrected chi connectivity index (χ3v) is 3.54. The SMILES string of the molecule is CNS(=O)(=O)Cn1nc(Br)cc1Br. The van der Waals surface area contributed by atoms with Crippen molar-refractivity contribution >= 4 is 41.9 Å². The molecule has 0 amide bonds. The van der Waals surface area contributed by atoms with Gasteiger partial charge in [0.15, 0.2) is 5.88 Å². The summed E-state index contributed by atoms with van der Waals surface area (Å²) < 4.78 is 27.0. The van der Waals surface area contributed by atoms with E-state index in [0.29, 0.717) is 9.21 Å². The molecule has 13 heavy (non-hydrogen) atoms. The normalized spacial score (nSPS) is 11.9. The van der Waals surface area contributed by atoms with Gasteiger partial charge in [0.1, 0.15) is 9.21 Å². The number of halogens is 2. The van der Waals surface area contributed by atoms with Gasteiger partial charge in [0.25, 0.3) is 0 Å². The number of nitrogens with one attached hydrogen (secondary N) is 1. The summed E-state index contributed by atoms with van der Waals surface area (Å²) in [6.07, 6.45) is 0. The molecule has 1 heterocycles. The fourth-order valence-corrected chi connectivity index (χ4v) is 2.63. The Balaban J connectivity index is 2.92. The van der Waals surface area contributed by atoms with Crippen LogP contribution in [0, 0.1) is 0 Å². The van der Waals surface area contributed by atoms with E-state index in [0.717, 1.165) is 0 Å². The first-order chi connectivity index (χ1) is 5.94. The highest BCUT2D eigenvalue weighted by molar-refractivity contribution is 9.11. The number of rotatable bonds is 3. The fourth-order valence-electron chi connectivity index (χ4n) is 0.681. The van der Waals surface area contributed by atoms with Gasteiger partial charge in [-0.25, -0.2) is 17.8 Å². The first-order valence-corrected chi connectivity index (χ1v) is 6.48. The molecule has 0 radical (unpaired) electrons. The molecule has 0 aliphatic rings. The van der Waals surface area contributed by atoms with Gasteiger partial charge in [0.2, 0.25) is 10.0 Å². The Morgan fingerprint density at radius 2 is 2.23 bits per heavy atom. The van der Waals surface area contributed by atoms with Crippen LogP contribution in [0.15, 0.2) is 15.3 Å². The van der Waals surface area contributed by atoms with Gasteiger partial charge in [0, 0.05) is 6.07 Å². The molecule has 0 spiro atoms. The Labute approximate surface area is 92.8 Å². The minimum Gasteiger partial charge on any atom is -0.241 e. The summed E-state index contributed by atoms with van der Waals surface area (Å²) in [5.74, 6) is -0.199. The molecule has 5 nitrogen and oxygen atoms in total. The van der Waals surface area contributed by atoms with E-state index in [1.165, 1.54) is 11.7 Å². The molecule has 0 unspecified atom stereocenters. The standard InChI is InChI=1S/C5H7Br2N3O2S/c1-8-13(11,12)3-10-5(7)2-4(6)9-10/h2,8H,3H2,1H3. The molecule has 0 saturated carbocycles. The third kappa shape index (κ3) is 3.04. The van der Waals surface area contributed by atoms with Gasteiger partial charge in [-0.2, -0.15) is 5.10 Å². The van der Waals surface area contributed by atoms with Crippen LogP contribution in [-0.2, 0) is 15.9 Å². The van der Waals surface area contributed by atoms with E-state index in [2.05, 4.69) is 41.7 Å². The molecule has 8 heteroatoms. The van der Waals surface area contributed by atoms with Crippen LogP contribution in [0.3, 0.4) is 0 Å². The molecule has 0 fully saturated rings. The minimum atomic E-state index is -3.28. The number of nitrogens with zero attached hydrogens (tertiary/aromatic N) is 2. The lowest BCUT2D eigenvalue weighted by molar-refractivity contribution is 0.565. The molecule has 0 atom stereocenters. The van der Waals surface area contributed by atoms with Crippen molar-refractivity contribution < 1.29 is 8.42 Å². The lowest BCUT2D eigenvalue weighted by atomic mass is 10.8. The van der Waals surface area contributed by atoms with E-state index in [-0.39, 0.29) is 5.88 Å². The summed E-state index contributed by atoms with van der Waals surface area (Å²) in [5, 5.41) is 3.91. The van der Waals surface area contributed by atoms with E-state index in [9.17, 15) is 8.42 Å². The van der Waals surface area contributed by atoms with Gasteiger partial charge in [-0.3, -0.25) is 0 Å². The van der Waals surface area contributed by atoms with Crippen molar-refractivity contribution in [2.24, 2.45) is 0 Å². The molecule has 1 N–H and O–H groups in total. The monoisotopic (exact) mass is 331 g/mol. The van der Waals surface area contributed by atoms with Crippen LogP contribution in [0.5, 0.6) is 0 Å². The largest absolute Gasteiger partial charge is 0.241 e. The zero-order valence-electron chi connectivity index (χ0n) is 6.66. The van der Waals surface area contributed by atoms with E-state index in [4.69, 9.17) is 0 Å². The molecular weight excluding hydrogens is 326 g/mol. The van der Waals surface area contributed by atoms with Crippen molar-refractivity contribution in [2.75, 3.05) is 7.05 Å². The van der Waals surface area contributed by atoms with Crippen molar-refractivity contribution in [3.63, 3.8) is 0 Å². The van der Waals surface area contributed by atoms with Crippen LogP contribution in [0.2, 0.25) is 0 Å². The van der Waals surface area contributed by atoms with E-state index in [1.807, 2.05) is 0 Å². The van der Waals surface area contributed by atoms with Gasteiger partial charge in [-0.05, 0) is 38.9 Å². The Hall–Kier alpha value is 0.0800. The molecule has 0 aliphatic carbocycles. The van der Waals surface area contributed by atoms with Crippen LogP contribution in [0.4, 0.5) is 0 Å². The molecular formula is C5H7Br2N3O2S. The Bertz CT molecular complexity index is 400. The summed E-state index contributed by atoms with van der Waals surface area (Å²) >= 11 is 6.31. The Morgan fingerprint density at radius 1 is 1.62 bits per heavy atom. The highest BCUT2D eigenvalue weighted by atomic mass is 79.9. The van der Waals surface area contributed by atoms with Crippen LogP contribution in [0.1, 0.15) is 0 Å². The lowest BCUT2D eigenvalue weighted by Crippen LogP contribution is -2.24. The Morgan fingerprint density at radius 3 is 2.62 bits per heavy atom. The second-order valence-corrected chi connectivity index (χ2v) is 5.76. The van der Waals surface area contributed by atoms with Gasteiger partial charge < -0.3 is 0 Å². The van der Waals surface area contributed by atoms with Crippen LogP contribution >= 0.6 is 31.9 Å². The van der Waals surface area contributed by atoms with Crippen LogP contribution in [-0.4, -0.2) is 25.2 Å². The highest BCUT2D eigenvalue weighted by Crippen LogP contribution is 2.16. The Kier molecular flexibility index (Phi) is 3.50. The van der Waals surface area contributed by atoms with Crippen LogP contribution < -0.4 is 4.72 Å². The second kappa shape index (κ2) is 4.07. The van der Waals surface area contributed by atoms with E-state index < -0.39 is 10.0 Å². The van der Waals surface area contributed by atoms with Crippen molar-refractivity contribution in [3.8, 4) is 0 Å². The van der Waals surface area contributed by atoms with Crippen LogP contribution in [0.25, 0.3) is 0 Å². The molecule has 0 bridgehead atoms. The average molecular weight is 333 g/mol. The molecule has 74 valence electrons. The van der Waals surface area contributed by atoms with E-state index in [1.54, 1.807) is 6.07 Å². The highest BCUT2D eigenvalue weighted by Gasteiger charge is 2.11. The summed E-state index contributed by atoms with van der Waals surface area (Å²) in [7, 11) is -1.92. The lowest BCUT2D eigenvalue weighted by Gasteiger charge is -2.02. The fraction of sp³-hybridized carbons (Fsp3) is 0.400. The predicted octanol–water partition coefficient (Wildman–Crippen LogP) is 0.915. The second-order valence-electron chi connectivity index (χ2n) is 2.24. The topological polar surface area (TPSA) is 64.0 Å². The maximum absolute atomic E-state index is 11.1. The first kappa shape index (κ1) is 11.2. The predicted molar refractivity (Wildman–Crippen MR) is 55.6 cm³/mol. The van der Waals surface area contributed by atoms with Gasteiger partial charge in [-0.1, -0.05) is 0 Å². The third-order valence-electron chi connectivity index (χ3n) is 1.30. The maximum Gasteiger partial charge on any atom is 0.231 e. The molecule has 0 aliphatic heterocycles. The van der Waals surface area contributed by atoms with Gasteiger partial charge in [0.05, 0.1) is 0 Å². The van der Waals surface area contributed by atoms with E-state index >= 15 is 0 Å². The van der Waals surface area contributed by atoms with Crippen molar-refractivity contribution in [1.29, 1.82) is 0 Å². The minimum absolute atomic E-state index is 0.199. The van der Waals surface area contributed by atoms with Crippen molar-refractivity contribution in [1.82, 2.24) is 14.5 Å². The number of sulfonamides is 1. The molecule has 1 rings (SSSR count). The summed E-state index contributed by atoms with van der Waals surface area (Å²) in [5.41, 5.74) is 0. The summed E-state index contributed by atoms with van der Waals surface area (Å²) in [6, 6.07) is 1.67. The summed E-state index contributed by atoms with van der Waals surface area (Å²) in [4.78, 5) is 0. The number of hydrogen-bond acceptors (Lipinski definition) is 3. The van der Waals surface area contributed by atoms with Crippen molar-refractivity contribution in [2.45, 2.75) is 5.88 Å². The maximum atomic E-state index is 11.1. The average Bonchev–Trinajstić information content (AvgIpc) is 2.30. The molecule has 0 aromatic carbocycles. The van der Waals surface area contributed by atoms with Crippen molar-refractivity contribution in [3.05, 3.63) is 15.3 Å².